The van der Waals surface area contributed by atoms with Crippen LogP contribution in [0.4, 0.5) is 5.13 Å². The minimum atomic E-state index is -0.357. The molecule has 0 amide bonds. The number of ether oxygens (including phenoxy) is 1. The maximum Gasteiger partial charge on any atom is 0.186 e. The lowest BCUT2D eigenvalue weighted by Crippen LogP contribution is -2.37. The molecule has 112 valence electrons. The van der Waals surface area contributed by atoms with Gasteiger partial charge in [-0.3, -0.25) is 0 Å². The first-order chi connectivity index (χ1) is 9.70. The van der Waals surface area contributed by atoms with Gasteiger partial charge in [-0.25, -0.2) is 4.98 Å². The predicted molar refractivity (Wildman–Crippen MR) is 81.4 cm³/mol. The first kappa shape index (κ1) is 14.3. The van der Waals surface area contributed by atoms with E-state index >= 15 is 0 Å². The summed E-state index contributed by atoms with van der Waals surface area (Å²) in [6.07, 6.45) is 5.30. The summed E-state index contributed by atoms with van der Waals surface area (Å²) in [5.41, 5.74) is 0.932. The van der Waals surface area contributed by atoms with Gasteiger partial charge in [-0.1, -0.05) is 0 Å². The van der Waals surface area contributed by atoms with Gasteiger partial charge in [0.05, 0.1) is 18.4 Å². The van der Waals surface area contributed by atoms with Crippen LogP contribution in [0.1, 0.15) is 49.3 Å². The van der Waals surface area contributed by atoms with Crippen molar-refractivity contribution in [3.63, 3.8) is 0 Å². The van der Waals surface area contributed by atoms with Gasteiger partial charge in [0, 0.05) is 24.6 Å². The van der Waals surface area contributed by atoms with Crippen LogP contribution in [-0.2, 0) is 11.2 Å². The van der Waals surface area contributed by atoms with Crippen molar-refractivity contribution in [1.29, 1.82) is 0 Å². The Kier molecular flexibility index (Phi) is 4.29. The van der Waals surface area contributed by atoms with E-state index in [1.807, 2.05) is 0 Å². The zero-order chi connectivity index (χ0) is 14.1. The fourth-order valence-corrected chi connectivity index (χ4v) is 4.27. The Morgan fingerprint density at radius 3 is 2.90 bits per heavy atom. The number of methoxy groups -OCH3 is 1. The lowest BCUT2D eigenvalue weighted by molar-refractivity contribution is 0.153. The van der Waals surface area contributed by atoms with Gasteiger partial charge in [0.15, 0.2) is 5.13 Å². The second-order valence-electron chi connectivity index (χ2n) is 5.98. The third-order valence-electron chi connectivity index (χ3n) is 4.49. The van der Waals surface area contributed by atoms with Gasteiger partial charge in [0.1, 0.15) is 0 Å². The molecule has 20 heavy (non-hydrogen) atoms. The number of thiazole rings is 1. The molecule has 3 rings (SSSR count). The van der Waals surface area contributed by atoms with Crippen molar-refractivity contribution >= 4 is 16.5 Å². The van der Waals surface area contributed by atoms with E-state index in [1.165, 1.54) is 17.7 Å². The van der Waals surface area contributed by atoms with Crippen LogP contribution >= 0.6 is 11.3 Å². The van der Waals surface area contributed by atoms with E-state index < -0.39 is 0 Å². The van der Waals surface area contributed by atoms with Crippen molar-refractivity contribution in [2.75, 3.05) is 25.2 Å². The molecule has 2 unspecified atom stereocenters. The van der Waals surface area contributed by atoms with Crippen molar-refractivity contribution in [1.82, 2.24) is 4.98 Å². The summed E-state index contributed by atoms with van der Waals surface area (Å²) in [5.74, 6) is 0.803. The first-order valence-electron chi connectivity index (χ1n) is 7.64. The summed E-state index contributed by atoms with van der Waals surface area (Å²) in [6.45, 7) is 3.91. The monoisotopic (exact) mass is 296 g/mol. The van der Waals surface area contributed by atoms with Crippen LogP contribution in [0.2, 0.25) is 0 Å². The molecule has 5 heteroatoms. The van der Waals surface area contributed by atoms with E-state index in [-0.39, 0.29) is 6.10 Å². The summed E-state index contributed by atoms with van der Waals surface area (Å²) < 4.78 is 5.25. The van der Waals surface area contributed by atoms with Crippen molar-refractivity contribution in [3.8, 4) is 0 Å². The smallest absolute Gasteiger partial charge is 0.186 e. The van der Waals surface area contributed by atoms with Crippen LogP contribution in [0.3, 0.4) is 0 Å². The lowest BCUT2D eigenvalue weighted by Gasteiger charge is -2.28. The molecule has 2 atom stereocenters. The minimum absolute atomic E-state index is 0.357. The summed E-state index contributed by atoms with van der Waals surface area (Å²) in [6, 6.07) is 0.523. The highest BCUT2D eigenvalue weighted by Gasteiger charge is 2.34. The molecular formula is C15H24N2O2S. The van der Waals surface area contributed by atoms with Gasteiger partial charge in [0.2, 0.25) is 0 Å². The van der Waals surface area contributed by atoms with Crippen molar-refractivity contribution < 1.29 is 9.84 Å². The number of fused-ring (bicyclic) bond motifs is 1. The quantitative estimate of drug-likeness (QED) is 0.877. The Balaban J connectivity index is 1.82. The number of aromatic nitrogens is 1. The van der Waals surface area contributed by atoms with E-state index in [0.717, 1.165) is 49.2 Å². The molecule has 2 aliphatic carbocycles. The Bertz CT molecular complexity index is 459. The molecule has 0 aliphatic heterocycles. The predicted octanol–water partition coefficient (Wildman–Crippen LogP) is 2.76. The number of hydrogen-bond donors (Lipinski definition) is 1. The van der Waals surface area contributed by atoms with E-state index in [1.54, 1.807) is 18.4 Å². The second-order valence-corrected chi connectivity index (χ2v) is 7.04. The zero-order valence-corrected chi connectivity index (χ0v) is 13.2. The topological polar surface area (TPSA) is 45.6 Å². The second kappa shape index (κ2) is 6.00. The maximum atomic E-state index is 10.1. The molecule has 1 heterocycles. The molecule has 1 aromatic heterocycles. The van der Waals surface area contributed by atoms with Crippen molar-refractivity contribution in [3.05, 3.63) is 10.6 Å². The Hall–Kier alpha value is -0.650. The average molecular weight is 296 g/mol. The van der Waals surface area contributed by atoms with Crippen LogP contribution < -0.4 is 4.90 Å². The molecule has 1 fully saturated rings. The highest BCUT2D eigenvalue weighted by molar-refractivity contribution is 7.15. The number of hydrogen-bond acceptors (Lipinski definition) is 5. The summed E-state index contributed by atoms with van der Waals surface area (Å²) in [7, 11) is 1.75. The molecule has 0 aromatic carbocycles. The van der Waals surface area contributed by atoms with Gasteiger partial charge in [-0.2, -0.15) is 0 Å². The van der Waals surface area contributed by atoms with E-state index in [9.17, 15) is 5.11 Å². The zero-order valence-electron chi connectivity index (χ0n) is 12.3. The summed E-state index contributed by atoms with van der Waals surface area (Å²) in [4.78, 5) is 8.42. The van der Waals surface area contributed by atoms with Crippen LogP contribution in [-0.4, -0.2) is 36.4 Å². The average Bonchev–Trinajstić information content (AvgIpc) is 3.20. The molecule has 0 spiro atoms. The number of anilines is 1. The third kappa shape index (κ3) is 2.85. The van der Waals surface area contributed by atoms with Crippen molar-refractivity contribution in [2.24, 2.45) is 5.92 Å². The molecule has 0 saturated heterocycles. The number of aryl methyl sites for hydroxylation is 1. The lowest BCUT2D eigenvalue weighted by atomic mass is 10.0. The number of rotatable bonds is 6. The van der Waals surface area contributed by atoms with Gasteiger partial charge < -0.3 is 14.7 Å². The largest absolute Gasteiger partial charge is 0.387 e. The van der Waals surface area contributed by atoms with Gasteiger partial charge in [0.25, 0.3) is 0 Å². The molecule has 1 aromatic rings. The van der Waals surface area contributed by atoms with E-state index in [2.05, 4.69) is 11.8 Å². The molecule has 0 bridgehead atoms. The molecule has 0 radical (unpaired) electrons. The molecule has 1 saturated carbocycles. The van der Waals surface area contributed by atoms with Crippen LogP contribution in [0.25, 0.3) is 0 Å². The number of nitrogens with zero attached hydrogens (tertiary/aromatic N) is 2. The van der Waals surface area contributed by atoms with Crippen LogP contribution in [0.15, 0.2) is 0 Å². The highest BCUT2D eigenvalue weighted by Crippen LogP contribution is 2.41. The number of aliphatic hydroxyl groups is 1. The molecule has 4 nitrogen and oxygen atoms in total. The summed E-state index contributed by atoms with van der Waals surface area (Å²) in [5, 5.41) is 11.2. The Morgan fingerprint density at radius 1 is 1.45 bits per heavy atom. The molecule has 2 aliphatic rings. The Labute approximate surface area is 124 Å². The fourth-order valence-electron chi connectivity index (χ4n) is 3.00. The minimum Gasteiger partial charge on any atom is -0.387 e. The first-order valence-corrected chi connectivity index (χ1v) is 8.45. The van der Waals surface area contributed by atoms with Gasteiger partial charge >= 0.3 is 0 Å². The van der Waals surface area contributed by atoms with E-state index in [4.69, 9.17) is 9.72 Å². The number of aliphatic hydroxyl groups excluding tert-OH is 1. The molecule has 1 N–H and O–H groups in total. The van der Waals surface area contributed by atoms with E-state index in [0.29, 0.717) is 6.04 Å². The summed E-state index contributed by atoms with van der Waals surface area (Å²) >= 11 is 1.77. The standard InChI is InChI=1S/C15H24N2O2S/c1-10(11-6-7-11)17(8-9-19-2)15-16-14-12(18)4-3-5-13(14)20-15/h10-12,18H,3-9H2,1-2H3. The van der Waals surface area contributed by atoms with Gasteiger partial charge in [-0.15, -0.1) is 11.3 Å². The molecular weight excluding hydrogens is 272 g/mol. The Morgan fingerprint density at radius 2 is 2.25 bits per heavy atom. The van der Waals surface area contributed by atoms with Crippen LogP contribution in [0, 0.1) is 5.92 Å². The van der Waals surface area contributed by atoms with Crippen molar-refractivity contribution in [2.45, 2.75) is 51.2 Å². The maximum absolute atomic E-state index is 10.1. The van der Waals surface area contributed by atoms with Crippen LogP contribution in [0.5, 0.6) is 0 Å². The fraction of sp³-hybridized carbons (Fsp3) is 0.800. The van der Waals surface area contributed by atoms with Gasteiger partial charge in [-0.05, 0) is 44.9 Å². The highest BCUT2D eigenvalue weighted by atomic mass is 32.1. The normalized spacial score (nSPS) is 23.4. The SMILES string of the molecule is COCCN(c1nc2c(s1)CCCC2O)C(C)C1CC1. The third-order valence-corrected chi connectivity index (χ3v) is 5.66.